The predicted molar refractivity (Wildman–Crippen MR) is 174 cm³/mol. The van der Waals surface area contributed by atoms with Gasteiger partial charge in [0.2, 0.25) is 5.91 Å². The molecular weight excluding hydrogens is 645 g/mol. The van der Waals surface area contributed by atoms with E-state index >= 15 is 0 Å². The molecule has 4 aromatic rings. The molecule has 0 fully saturated rings. The minimum Gasteiger partial charge on any atom is -0.508 e. The number of anilines is 3. The van der Waals surface area contributed by atoms with Crippen molar-refractivity contribution in [1.82, 2.24) is 0 Å². The van der Waals surface area contributed by atoms with Crippen LogP contribution < -0.4 is 21.1 Å². The van der Waals surface area contributed by atoms with Crippen LogP contribution in [0.3, 0.4) is 0 Å². The summed E-state index contributed by atoms with van der Waals surface area (Å²) >= 11 is 2.14. The fourth-order valence-electron chi connectivity index (χ4n) is 4.17. The summed E-state index contributed by atoms with van der Waals surface area (Å²) in [5.41, 5.74) is 8.95. The van der Waals surface area contributed by atoms with Crippen molar-refractivity contribution in [3.63, 3.8) is 0 Å². The lowest BCUT2D eigenvalue weighted by atomic mass is 9.99. The third-order valence-electron chi connectivity index (χ3n) is 6.30. The number of allylic oxidation sites excluding steroid dienone is 1. The molecule has 0 saturated carbocycles. The summed E-state index contributed by atoms with van der Waals surface area (Å²) in [4.78, 5) is 25.6. The van der Waals surface area contributed by atoms with Gasteiger partial charge in [0.1, 0.15) is 17.6 Å². The number of hydrogen-bond acceptors (Lipinski definition) is 6. The first-order valence-electron chi connectivity index (χ1n) is 13.3. The Morgan fingerprint density at radius 1 is 0.952 bits per heavy atom. The number of aromatic hydroxyl groups is 1. The number of para-hydroxylation sites is 3. The highest BCUT2D eigenvalue weighted by atomic mass is 127. The van der Waals surface area contributed by atoms with Crippen molar-refractivity contribution in [3.8, 4) is 11.5 Å². The number of phenolic OH excluding ortho intramolecular Hbond substituents is 1. The van der Waals surface area contributed by atoms with E-state index in [0.29, 0.717) is 41.2 Å². The Morgan fingerprint density at radius 3 is 2.40 bits per heavy atom. The smallest absolute Gasteiger partial charge is 0.412 e. The maximum absolute atomic E-state index is 13.1. The summed E-state index contributed by atoms with van der Waals surface area (Å²) in [6.07, 6.45) is 1.54. The summed E-state index contributed by atoms with van der Waals surface area (Å²) in [6, 6.07) is 28.6. The number of nitrogens with two attached hydrogens (primary N) is 1. The molecule has 2 atom stereocenters. The molecule has 0 aromatic heterocycles. The highest BCUT2D eigenvalue weighted by Crippen LogP contribution is 2.35. The van der Waals surface area contributed by atoms with Gasteiger partial charge in [-0.15, -0.1) is 0 Å². The number of carbonyl (C=O) groups is 2. The first-order chi connectivity index (χ1) is 20.3. The second-order valence-corrected chi connectivity index (χ2v) is 10.8. The number of benzene rings is 4. The second-order valence-electron chi connectivity index (χ2n) is 9.55. The molecule has 0 spiro atoms. The third-order valence-corrected chi connectivity index (χ3v) is 6.97. The lowest BCUT2D eigenvalue weighted by molar-refractivity contribution is -0.111. The number of nitrogen functional groups attached to an aromatic ring is 1. The van der Waals surface area contributed by atoms with E-state index in [9.17, 15) is 14.7 Å². The van der Waals surface area contributed by atoms with Crippen LogP contribution in [-0.4, -0.2) is 23.2 Å². The van der Waals surface area contributed by atoms with E-state index in [1.54, 1.807) is 72.8 Å². The predicted octanol–water partition coefficient (Wildman–Crippen LogP) is 7.60. The molecule has 42 heavy (non-hydrogen) atoms. The number of hydrogen-bond donors (Lipinski definition) is 4. The largest absolute Gasteiger partial charge is 0.508 e. The molecular formula is C33H32IN3O5. The quantitative estimate of drug-likeness (QED) is 0.0737. The zero-order valence-electron chi connectivity index (χ0n) is 23.0. The molecule has 2 amide bonds. The van der Waals surface area contributed by atoms with Crippen LogP contribution in [0.2, 0.25) is 0 Å². The number of ether oxygens (including phenoxy) is 2. The van der Waals surface area contributed by atoms with Crippen molar-refractivity contribution in [2.24, 2.45) is 0 Å². The summed E-state index contributed by atoms with van der Waals surface area (Å²) in [7, 11) is 0. The first kappa shape index (κ1) is 30.4. The van der Waals surface area contributed by atoms with E-state index < -0.39 is 18.3 Å². The summed E-state index contributed by atoms with van der Waals surface area (Å²) in [5.74, 6) is 0.219. The molecule has 9 heteroatoms. The van der Waals surface area contributed by atoms with Crippen molar-refractivity contribution >= 4 is 51.7 Å². The Kier molecular flexibility index (Phi) is 10.8. The van der Waals surface area contributed by atoms with Crippen LogP contribution in [0.1, 0.15) is 30.1 Å². The highest BCUT2D eigenvalue weighted by Gasteiger charge is 2.31. The average Bonchev–Trinajstić information content (AvgIpc) is 2.98. The van der Waals surface area contributed by atoms with Crippen LogP contribution in [0.4, 0.5) is 21.9 Å². The average molecular weight is 678 g/mol. The third kappa shape index (κ3) is 9.00. The van der Waals surface area contributed by atoms with Gasteiger partial charge in [-0.3, -0.25) is 10.1 Å². The Balaban J connectivity index is 1.56. The summed E-state index contributed by atoms with van der Waals surface area (Å²) in [6.45, 7) is 1.96. The number of rotatable bonds is 11. The Bertz CT molecular complexity index is 1530. The molecule has 216 valence electrons. The van der Waals surface area contributed by atoms with Gasteiger partial charge in [-0.25, -0.2) is 4.79 Å². The van der Waals surface area contributed by atoms with Crippen LogP contribution >= 0.6 is 22.6 Å². The van der Waals surface area contributed by atoms with E-state index in [2.05, 4.69) is 33.2 Å². The Hall–Kier alpha value is -4.51. The van der Waals surface area contributed by atoms with E-state index in [1.165, 1.54) is 6.08 Å². The lowest BCUT2D eigenvalue weighted by Crippen LogP contribution is -2.31. The zero-order valence-corrected chi connectivity index (χ0v) is 25.2. The van der Waals surface area contributed by atoms with E-state index in [1.807, 2.05) is 37.3 Å². The number of carbonyl (C=O) groups excluding carboxylic acids is 2. The van der Waals surface area contributed by atoms with Crippen molar-refractivity contribution in [3.05, 3.63) is 124 Å². The minimum absolute atomic E-state index is 0.0272. The maximum atomic E-state index is 13.1. The van der Waals surface area contributed by atoms with Crippen LogP contribution in [-0.2, 0) is 9.53 Å². The first-order valence-corrected chi connectivity index (χ1v) is 14.4. The molecule has 0 unspecified atom stereocenters. The second kappa shape index (κ2) is 14.9. The van der Waals surface area contributed by atoms with Gasteiger partial charge in [0.25, 0.3) is 0 Å². The number of aryl methyl sites for hydroxylation is 1. The zero-order chi connectivity index (χ0) is 29.9. The molecule has 4 rings (SSSR count). The molecule has 0 aliphatic carbocycles. The molecule has 0 radical (unpaired) electrons. The highest BCUT2D eigenvalue weighted by molar-refractivity contribution is 14.1. The van der Waals surface area contributed by atoms with Crippen LogP contribution in [0.5, 0.6) is 11.5 Å². The molecule has 4 aromatic carbocycles. The van der Waals surface area contributed by atoms with Gasteiger partial charge < -0.3 is 25.6 Å². The summed E-state index contributed by atoms with van der Waals surface area (Å²) < 4.78 is 13.1. The topological polar surface area (TPSA) is 123 Å². The van der Waals surface area contributed by atoms with Crippen molar-refractivity contribution in [2.75, 3.05) is 16.4 Å². The number of halogens is 1. The Labute approximate surface area is 258 Å². The normalized spacial score (nSPS) is 12.3. The minimum atomic E-state index is -0.975. The molecule has 0 aliphatic heterocycles. The standard InChI is InChI=1S/C33H32IN3O5/c1-22-15-18-24(19-16-22)36-33(40)42-32(26-21-23(34)17-20-29(26)38)30(41-25-9-3-2-4-10-25)13-7-8-14-31(39)37-28-12-6-5-11-27(28)35/h2-6,8-12,14-21,30,32,38H,7,13,35H2,1H3,(H,36,40)(H,37,39)/b14-8+/t30-,32-/m1/s1. The Morgan fingerprint density at radius 2 is 1.67 bits per heavy atom. The number of nitrogens with one attached hydrogen (secondary N) is 2. The van der Waals surface area contributed by atoms with E-state index in [4.69, 9.17) is 15.2 Å². The van der Waals surface area contributed by atoms with Gasteiger partial charge in [0, 0.05) is 14.8 Å². The molecule has 0 heterocycles. The fourth-order valence-corrected chi connectivity index (χ4v) is 4.69. The monoisotopic (exact) mass is 677 g/mol. The molecule has 8 nitrogen and oxygen atoms in total. The molecule has 5 N–H and O–H groups in total. The van der Waals surface area contributed by atoms with E-state index in [0.717, 1.165) is 9.13 Å². The fraction of sp³-hybridized carbons (Fsp3) is 0.152. The van der Waals surface area contributed by atoms with Gasteiger partial charge in [-0.05, 0) is 103 Å². The van der Waals surface area contributed by atoms with Crippen molar-refractivity contribution in [2.45, 2.75) is 32.0 Å². The van der Waals surface area contributed by atoms with Crippen molar-refractivity contribution < 1.29 is 24.2 Å². The van der Waals surface area contributed by atoms with Gasteiger partial charge in [-0.2, -0.15) is 0 Å². The molecule has 0 saturated heterocycles. The summed E-state index contributed by atoms with van der Waals surface area (Å²) in [5, 5.41) is 16.3. The maximum Gasteiger partial charge on any atom is 0.412 e. The van der Waals surface area contributed by atoms with E-state index in [-0.39, 0.29) is 11.7 Å². The van der Waals surface area contributed by atoms with Crippen LogP contribution in [0, 0.1) is 10.5 Å². The van der Waals surface area contributed by atoms with Crippen LogP contribution in [0.25, 0.3) is 0 Å². The molecule has 0 bridgehead atoms. The number of phenols is 1. The van der Waals surface area contributed by atoms with Gasteiger partial charge in [0.15, 0.2) is 6.10 Å². The van der Waals surface area contributed by atoms with Gasteiger partial charge in [-0.1, -0.05) is 54.1 Å². The van der Waals surface area contributed by atoms with Gasteiger partial charge >= 0.3 is 6.09 Å². The number of amides is 2. The lowest BCUT2D eigenvalue weighted by Gasteiger charge is -2.28. The van der Waals surface area contributed by atoms with Crippen molar-refractivity contribution in [1.29, 1.82) is 0 Å². The SMILES string of the molecule is Cc1ccc(NC(=O)O[C@H](c2cc(I)ccc2O)[C@@H](CC/C=C/C(=O)Nc2ccccc2N)Oc2ccccc2)cc1. The molecule has 0 aliphatic rings. The van der Waals surface area contributed by atoms with Gasteiger partial charge in [0.05, 0.1) is 11.4 Å². The van der Waals surface area contributed by atoms with Crippen LogP contribution in [0.15, 0.2) is 109 Å².